The van der Waals surface area contributed by atoms with Crippen molar-refractivity contribution in [1.29, 1.82) is 5.26 Å². The quantitative estimate of drug-likeness (QED) is 0.250. The average Bonchev–Trinajstić information content (AvgIpc) is 3.23. The van der Waals surface area contributed by atoms with Crippen LogP contribution in [0.25, 0.3) is 10.9 Å². The Morgan fingerprint density at radius 2 is 1.53 bits per heavy atom. The van der Waals surface area contributed by atoms with Crippen LogP contribution >= 0.6 is 0 Å². The van der Waals surface area contributed by atoms with Crippen LogP contribution in [-0.2, 0) is 14.4 Å². The molecule has 0 aliphatic rings. The Balaban J connectivity index is 1.81. The Morgan fingerprint density at radius 1 is 0.917 bits per heavy atom. The van der Waals surface area contributed by atoms with Crippen LogP contribution in [0.5, 0.6) is 0 Å². The normalized spacial score (nSPS) is 13.4. The summed E-state index contributed by atoms with van der Waals surface area (Å²) in [6, 6.07) is 27.9. The molecule has 4 rings (SSSR count). The summed E-state index contributed by atoms with van der Waals surface area (Å²) in [6.07, 6.45) is 0. The highest BCUT2D eigenvalue weighted by Crippen LogP contribution is 2.38. The molecule has 0 saturated carbocycles. The number of hydrogen-bond acceptors (Lipinski definition) is 4. The fourth-order valence-electron chi connectivity index (χ4n) is 4.04. The summed E-state index contributed by atoms with van der Waals surface area (Å²) in [4.78, 5) is 0.146. The molecule has 0 bridgehead atoms. The van der Waals surface area contributed by atoms with E-state index in [1.165, 1.54) is 0 Å². The summed E-state index contributed by atoms with van der Waals surface area (Å²) in [5.74, 6) is -0.0238. The second kappa shape index (κ2) is 9.70. The van der Waals surface area contributed by atoms with Crippen LogP contribution in [0.15, 0.2) is 89.8 Å². The maximum absolute atomic E-state index is 13.4. The fraction of sp³-hybridized carbons (Fsp3) is 0.276. The van der Waals surface area contributed by atoms with Gasteiger partial charge in [-0.3, -0.25) is 0 Å². The summed E-state index contributed by atoms with van der Waals surface area (Å²) >= 11 is 0. The highest BCUT2D eigenvalue weighted by Gasteiger charge is 2.38. The minimum absolute atomic E-state index is 0.0238. The second-order valence-electron chi connectivity index (χ2n) is 10.6. The number of nitrogens with zero attached hydrogens (tertiary/aromatic N) is 2. The van der Waals surface area contributed by atoms with Crippen LogP contribution < -0.4 is 0 Å². The molecule has 1 aromatic heterocycles. The highest BCUT2D eigenvalue weighted by molar-refractivity contribution is 7.90. The molecule has 0 fully saturated rings. The van der Waals surface area contributed by atoms with Crippen molar-refractivity contribution in [3.05, 3.63) is 102 Å². The Morgan fingerprint density at radius 3 is 2.11 bits per heavy atom. The van der Waals surface area contributed by atoms with Gasteiger partial charge in [0.2, 0.25) is 0 Å². The lowest BCUT2D eigenvalue weighted by Gasteiger charge is -2.37. The van der Waals surface area contributed by atoms with Crippen molar-refractivity contribution in [1.82, 2.24) is 3.97 Å². The molecule has 0 saturated heterocycles. The molecule has 4 aromatic rings. The summed E-state index contributed by atoms with van der Waals surface area (Å²) < 4.78 is 34.6. The average molecular weight is 517 g/mol. The van der Waals surface area contributed by atoms with Gasteiger partial charge in [0.25, 0.3) is 10.0 Å². The lowest BCUT2D eigenvalue weighted by atomic mass is 9.91. The molecule has 0 N–H and O–H groups in total. The zero-order chi connectivity index (χ0) is 26.1. The van der Waals surface area contributed by atoms with E-state index in [-0.39, 0.29) is 21.5 Å². The summed E-state index contributed by atoms with van der Waals surface area (Å²) in [5.41, 5.74) is 2.72. The van der Waals surface area contributed by atoms with Gasteiger partial charge in [-0.05, 0) is 59.6 Å². The summed E-state index contributed by atoms with van der Waals surface area (Å²) in [7, 11) is -5.91. The SMILES string of the molecule is CC(C)(C)[Si](C)(C)OCC(c1ccccc1)c1ccc2c(c1)cc(C#N)n2S(=O)(=O)c1ccccc1. The lowest BCUT2D eigenvalue weighted by molar-refractivity contribution is 0.275. The molecule has 7 heteroatoms. The van der Waals surface area contributed by atoms with Gasteiger partial charge in [-0.15, -0.1) is 0 Å². The van der Waals surface area contributed by atoms with Gasteiger partial charge in [-0.25, -0.2) is 12.4 Å². The van der Waals surface area contributed by atoms with E-state index in [9.17, 15) is 13.7 Å². The molecule has 186 valence electrons. The third kappa shape index (κ3) is 4.89. The van der Waals surface area contributed by atoms with Gasteiger partial charge >= 0.3 is 0 Å². The number of aromatic nitrogens is 1. The number of rotatable bonds is 7. The molecule has 36 heavy (non-hydrogen) atoms. The summed E-state index contributed by atoms with van der Waals surface area (Å²) in [5, 5.41) is 10.6. The van der Waals surface area contributed by atoms with E-state index in [4.69, 9.17) is 4.43 Å². The van der Waals surface area contributed by atoms with Gasteiger partial charge < -0.3 is 4.43 Å². The monoisotopic (exact) mass is 516 g/mol. The van der Waals surface area contributed by atoms with Crippen molar-refractivity contribution in [2.24, 2.45) is 0 Å². The molecule has 1 atom stereocenters. The molecule has 1 unspecified atom stereocenters. The van der Waals surface area contributed by atoms with Crippen molar-refractivity contribution >= 4 is 29.2 Å². The van der Waals surface area contributed by atoms with E-state index < -0.39 is 18.3 Å². The van der Waals surface area contributed by atoms with E-state index in [0.29, 0.717) is 17.5 Å². The van der Waals surface area contributed by atoms with Crippen LogP contribution in [-0.4, -0.2) is 27.3 Å². The van der Waals surface area contributed by atoms with Crippen LogP contribution in [0.4, 0.5) is 0 Å². The van der Waals surface area contributed by atoms with Crippen molar-refractivity contribution in [2.75, 3.05) is 6.61 Å². The van der Waals surface area contributed by atoms with Crippen molar-refractivity contribution < 1.29 is 12.8 Å². The second-order valence-corrected chi connectivity index (χ2v) is 17.2. The molecule has 1 heterocycles. The maximum Gasteiger partial charge on any atom is 0.269 e. The van der Waals surface area contributed by atoms with Crippen molar-refractivity contribution in [3.8, 4) is 6.07 Å². The van der Waals surface area contributed by atoms with E-state index in [1.807, 2.05) is 30.3 Å². The smallest absolute Gasteiger partial charge is 0.269 e. The first-order chi connectivity index (χ1) is 17.0. The zero-order valence-corrected chi connectivity index (χ0v) is 23.2. The first kappa shape index (κ1) is 25.9. The molecular formula is C29H32N2O3SSi. The number of fused-ring (bicyclic) bond motifs is 1. The predicted octanol–water partition coefficient (Wildman–Crippen LogP) is 6.90. The summed E-state index contributed by atoms with van der Waals surface area (Å²) in [6.45, 7) is 11.7. The molecule has 0 radical (unpaired) electrons. The third-order valence-corrected chi connectivity index (χ3v) is 13.4. The fourth-order valence-corrected chi connectivity index (χ4v) is 6.54. The Bertz CT molecular complexity index is 1510. The molecule has 0 aliphatic carbocycles. The number of benzene rings is 3. The minimum atomic E-state index is -3.92. The molecular weight excluding hydrogens is 484 g/mol. The molecule has 5 nitrogen and oxygen atoms in total. The minimum Gasteiger partial charge on any atom is -0.416 e. The van der Waals surface area contributed by atoms with Crippen LogP contribution in [0.2, 0.25) is 18.1 Å². The molecule has 0 amide bonds. The largest absolute Gasteiger partial charge is 0.416 e. The van der Waals surface area contributed by atoms with Gasteiger partial charge in [-0.1, -0.05) is 75.4 Å². The zero-order valence-electron chi connectivity index (χ0n) is 21.4. The third-order valence-electron chi connectivity index (χ3n) is 7.20. The first-order valence-electron chi connectivity index (χ1n) is 12.0. The Kier molecular flexibility index (Phi) is 6.98. The van der Waals surface area contributed by atoms with Gasteiger partial charge in [-0.2, -0.15) is 5.26 Å². The highest BCUT2D eigenvalue weighted by atomic mass is 32.2. The van der Waals surface area contributed by atoms with Gasteiger partial charge in [0.1, 0.15) is 11.8 Å². The van der Waals surface area contributed by atoms with Crippen LogP contribution in [0.3, 0.4) is 0 Å². The van der Waals surface area contributed by atoms with E-state index in [0.717, 1.165) is 15.1 Å². The number of nitriles is 1. The lowest BCUT2D eigenvalue weighted by Crippen LogP contribution is -2.41. The van der Waals surface area contributed by atoms with Gasteiger partial charge in [0, 0.05) is 17.9 Å². The van der Waals surface area contributed by atoms with E-state index in [2.05, 4.69) is 52.1 Å². The van der Waals surface area contributed by atoms with Crippen LogP contribution in [0, 0.1) is 11.3 Å². The standard InChI is InChI=1S/C29H32N2O3SSi/c1-29(2,3)36(4,5)34-21-27(22-12-8-6-9-13-22)23-16-17-28-24(18-23)19-25(20-30)31(28)35(32,33)26-14-10-7-11-15-26/h6-19,27H,21H2,1-5H3. The first-order valence-corrected chi connectivity index (χ1v) is 16.4. The maximum atomic E-state index is 13.4. The molecule has 0 spiro atoms. The Labute approximate surface area is 215 Å². The Hall–Kier alpha value is -3.18. The molecule has 0 aliphatic heterocycles. The topological polar surface area (TPSA) is 72.1 Å². The molecule has 3 aromatic carbocycles. The van der Waals surface area contributed by atoms with Gasteiger partial charge in [0.05, 0.1) is 10.4 Å². The van der Waals surface area contributed by atoms with Crippen molar-refractivity contribution in [2.45, 2.75) is 49.7 Å². The van der Waals surface area contributed by atoms with E-state index in [1.54, 1.807) is 42.5 Å². The van der Waals surface area contributed by atoms with E-state index >= 15 is 0 Å². The van der Waals surface area contributed by atoms with Gasteiger partial charge in [0.15, 0.2) is 8.32 Å². The predicted molar refractivity (Wildman–Crippen MR) is 147 cm³/mol. The number of hydrogen-bond donors (Lipinski definition) is 0. The van der Waals surface area contributed by atoms with Crippen LogP contribution in [0.1, 0.15) is 43.5 Å². The van der Waals surface area contributed by atoms with Crippen molar-refractivity contribution in [3.63, 3.8) is 0 Å².